The standard InChI is InChI=1S/C22H26N2O3/c1-5-15-7-9-16(10-8-15)19-14-18(23-24(19)22(25)6-2)17-11-12-20(26-3)21(13-17)27-4/h7-14,19,23H,5-6H2,1-4H3/t19-/m0/s1. The molecule has 2 aromatic rings. The van der Waals surface area contributed by atoms with E-state index >= 15 is 0 Å². The fourth-order valence-electron chi connectivity index (χ4n) is 3.22. The molecule has 0 aliphatic carbocycles. The van der Waals surface area contributed by atoms with Crippen molar-refractivity contribution in [1.29, 1.82) is 0 Å². The Morgan fingerprint density at radius 2 is 1.74 bits per heavy atom. The van der Waals surface area contributed by atoms with Crippen molar-refractivity contribution in [3.05, 3.63) is 65.2 Å². The number of rotatable bonds is 6. The number of hydrogen-bond acceptors (Lipinski definition) is 4. The van der Waals surface area contributed by atoms with E-state index in [1.807, 2.05) is 25.1 Å². The van der Waals surface area contributed by atoms with E-state index in [1.165, 1.54) is 5.56 Å². The van der Waals surface area contributed by atoms with Crippen molar-refractivity contribution in [3.63, 3.8) is 0 Å². The number of nitrogens with zero attached hydrogens (tertiary/aromatic N) is 1. The van der Waals surface area contributed by atoms with Gasteiger partial charge in [0.2, 0.25) is 5.91 Å². The number of ether oxygens (including phenoxy) is 2. The molecule has 0 aromatic heterocycles. The third-order valence-electron chi connectivity index (χ3n) is 4.84. The van der Waals surface area contributed by atoms with Crippen LogP contribution in [-0.4, -0.2) is 25.1 Å². The molecule has 1 aliphatic heterocycles. The molecule has 2 aromatic carbocycles. The van der Waals surface area contributed by atoms with Gasteiger partial charge in [0.25, 0.3) is 0 Å². The van der Waals surface area contributed by atoms with E-state index in [0.717, 1.165) is 23.2 Å². The Bertz CT molecular complexity index is 843. The van der Waals surface area contributed by atoms with E-state index in [-0.39, 0.29) is 11.9 Å². The molecule has 5 nitrogen and oxygen atoms in total. The molecule has 1 atom stereocenters. The first-order valence-electron chi connectivity index (χ1n) is 9.23. The van der Waals surface area contributed by atoms with E-state index < -0.39 is 0 Å². The van der Waals surface area contributed by atoms with E-state index in [9.17, 15) is 4.79 Å². The second-order valence-electron chi connectivity index (χ2n) is 6.42. The number of benzene rings is 2. The molecule has 0 spiro atoms. The largest absolute Gasteiger partial charge is 0.493 e. The van der Waals surface area contributed by atoms with Gasteiger partial charge in [0.15, 0.2) is 11.5 Å². The van der Waals surface area contributed by atoms with Gasteiger partial charge >= 0.3 is 0 Å². The van der Waals surface area contributed by atoms with Gasteiger partial charge in [-0.1, -0.05) is 38.1 Å². The first-order valence-corrected chi connectivity index (χ1v) is 9.23. The molecular formula is C22H26N2O3. The summed E-state index contributed by atoms with van der Waals surface area (Å²) in [5.41, 5.74) is 7.45. The van der Waals surface area contributed by atoms with Crippen LogP contribution >= 0.6 is 0 Å². The Morgan fingerprint density at radius 3 is 2.33 bits per heavy atom. The number of carbonyl (C=O) groups excluding carboxylic acids is 1. The van der Waals surface area contributed by atoms with E-state index in [4.69, 9.17) is 9.47 Å². The molecule has 1 aliphatic rings. The number of hydrogen-bond donors (Lipinski definition) is 1. The zero-order valence-electron chi connectivity index (χ0n) is 16.3. The van der Waals surface area contributed by atoms with Crippen LogP contribution in [0.1, 0.15) is 43.0 Å². The van der Waals surface area contributed by atoms with Crippen molar-refractivity contribution in [3.8, 4) is 11.5 Å². The molecule has 1 heterocycles. The third kappa shape index (κ3) is 3.77. The summed E-state index contributed by atoms with van der Waals surface area (Å²) >= 11 is 0. The lowest BCUT2D eigenvalue weighted by Gasteiger charge is -2.25. The highest BCUT2D eigenvalue weighted by atomic mass is 16.5. The van der Waals surface area contributed by atoms with E-state index in [2.05, 4.69) is 42.7 Å². The first-order chi connectivity index (χ1) is 13.1. The lowest BCUT2D eigenvalue weighted by molar-refractivity contribution is -0.134. The van der Waals surface area contributed by atoms with Gasteiger partial charge in [0.05, 0.1) is 26.0 Å². The molecule has 1 N–H and O–H groups in total. The quantitative estimate of drug-likeness (QED) is 0.836. The van der Waals surface area contributed by atoms with Crippen LogP contribution in [0.3, 0.4) is 0 Å². The van der Waals surface area contributed by atoms with Crippen LogP contribution < -0.4 is 14.9 Å². The van der Waals surface area contributed by atoms with Crippen molar-refractivity contribution in [1.82, 2.24) is 10.4 Å². The second kappa shape index (κ2) is 8.16. The number of amides is 1. The van der Waals surface area contributed by atoms with Crippen molar-refractivity contribution in [2.75, 3.05) is 14.2 Å². The predicted molar refractivity (Wildman–Crippen MR) is 106 cm³/mol. The summed E-state index contributed by atoms with van der Waals surface area (Å²) in [6, 6.07) is 14.0. The molecule has 0 fully saturated rings. The monoisotopic (exact) mass is 366 g/mol. The number of hydrazine groups is 1. The van der Waals surface area contributed by atoms with Crippen LogP contribution in [0.4, 0.5) is 0 Å². The number of methoxy groups -OCH3 is 2. The van der Waals surface area contributed by atoms with Crippen LogP contribution in [0.2, 0.25) is 0 Å². The fourth-order valence-corrected chi connectivity index (χ4v) is 3.22. The molecule has 3 rings (SSSR count). The molecule has 0 saturated carbocycles. The van der Waals surface area contributed by atoms with Crippen molar-refractivity contribution in [2.45, 2.75) is 32.7 Å². The Labute approximate surface area is 160 Å². The summed E-state index contributed by atoms with van der Waals surface area (Å²) in [7, 11) is 3.23. The summed E-state index contributed by atoms with van der Waals surface area (Å²) in [6.45, 7) is 4.00. The van der Waals surface area contributed by atoms with E-state index in [1.54, 1.807) is 19.2 Å². The van der Waals surface area contributed by atoms with Crippen LogP contribution in [0, 0.1) is 0 Å². The average Bonchev–Trinajstić information content (AvgIpc) is 3.18. The molecular weight excluding hydrogens is 340 g/mol. The minimum absolute atomic E-state index is 0.0475. The second-order valence-corrected chi connectivity index (χ2v) is 6.42. The highest BCUT2D eigenvalue weighted by Crippen LogP contribution is 2.35. The van der Waals surface area contributed by atoms with Crippen molar-refractivity contribution >= 4 is 11.6 Å². The Kier molecular flexibility index (Phi) is 5.69. The lowest BCUT2D eigenvalue weighted by atomic mass is 10.0. The third-order valence-corrected chi connectivity index (χ3v) is 4.84. The highest BCUT2D eigenvalue weighted by molar-refractivity contribution is 5.81. The maximum Gasteiger partial charge on any atom is 0.241 e. The van der Waals surface area contributed by atoms with Gasteiger partial charge in [0, 0.05) is 12.0 Å². The minimum Gasteiger partial charge on any atom is -0.493 e. The van der Waals surface area contributed by atoms with Gasteiger partial charge < -0.3 is 9.47 Å². The van der Waals surface area contributed by atoms with Crippen LogP contribution in [0.25, 0.3) is 5.70 Å². The maximum absolute atomic E-state index is 12.5. The van der Waals surface area contributed by atoms with Gasteiger partial charge in [-0.25, -0.2) is 5.01 Å². The Hall–Kier alpha value is -2.95. The normalized spacial score (nSPS) is 15.9. The molecule has 0 saturated heterocycles. The summed E-state index contributed by atoms with van der Waals surface area (Å²) in [4.78, 5) is 12.5. The smallest absolute Gasteiger partial charge is 0.241 e. The zero-order valence-corrected chi connectivity index (χ0v) is 16.3. The van der Waals surface area contributed by atoms with Gasteiger partial charge in [-0.3, -0.25) is 10.2 Å². The molecule has 0 radical (unpaired) electrons. The van der Waals surface area contributed by atoms with Crippen LogP contribution in [-0.2, 0) is 11.2 Å². The van der Waals surface area contributed by atoms with Crippen LogP contribution in [0.5, 0.6) is 11.5 Å². The first kappa shape index (κ1) is 18.8. The molecule has 0 bridgehead atoms. The number of aryl methyl sites for hydroxylation is 1. The molecule has 5 heteroatoms. The molecule has 0 unspecified atom stereocenters. The zero-order chi connectivity index (χ0) is 19.4. The average molecular weight is 366 g/mol. The molecule has 1 amide bonds. The summed E-state index contributed by atoms with van der Waals surface area (Å²) in [5, 5.41) is 1.70. The maximum atomic E-state index is 12.5. The summed E-state index contributed by atoms with van der Waals surface area (Å²) < 4.78 is 10.7. The fraction of sp³-hybridized carbons (Fsp3) is 0.318. The van der Waals surface area contributed by atoms with Gasteiger partial charge in [-0.2, -0.15) is 0 Å². The van der Waals surface area contributed by atoms with Gasteiger partial charge in [0.1, 0.15) is 0 Å². The highest BCUT2D eigenvalue weighted by Gasteiger charge is 2.30. The number of nitrogens with one attached hydrogen (secondary N) is 1. The Balaban J connectivity index is 1.97. The predicted octanol–water partition coefficient (Wildman–Crippen LogP) is 4.11. The van der Waals surface area contributed by atoms with Gasteiger partial charge in [-0.15, -0.1) is 0 Å². The van der Waals surface area contributed by atoms with E-state index in [0.29, 0.717) is 17.9 Å². The van der Waals surface area contributed by atoms with Crippen LogP contribution in [0.15, 0.2) is 48.5 Å². The van der Waals surface area contributed by atoms with Gasteiger partial charge in [-0.05, 0) is 41.8 Å². The summed E-state index contributed by atoms with van der Waals surface area (Å²) in [5.74, 6) is 1.38. The minimum atomic E-state index is -0.147. The van der Waals surface area contributed by atoms with Crippen molar-refractivity contribution < 1.29 is 14.3 Å². The topological polar surface area (TPSA) is 50.8 Å². The van der Waals surface area contributed by atoms with Crippen molar-refractivity contribution in [2.24, 2.45) is 0 Å². The molecule has 142 valence electrons. The lowest BCUT2D eigenvalue weighted by Crippen LogP contribution is -2.39. The number of carbonyl (C=O) groups is 1. The summed E-state index contributed by atoms with van der Waals surface area (Å²) in [6.07, 6.45) is 3.51. The molecule has 27 heavy (non-hydrogen) atoms. The Morgan fingerprint density at radius 1 is 1.04 bits per heavy atom. The SMILES string of the molecule is CCC(=O)N1NC(c2ccc(OC)c(OC)c2)=C[C@H]1c1ccc(CC)cc1.